The second-order valence-electron chi connectivity index (χ2n) is 5.72. The number of hydrogen-bond acceptors (Lipinski definition) is 4. The van der Waals surface area contributed by atoms with Crippen LogP contribution in [0.25, 0.3) is 0 Å². The molecule has 0 bridgehead atoms. The van der Waals surface area contributed by atoms with E-state index in [1.54, 1.807) is 13.0 Å². The molecule has 1 heterocycles. The van der Waals surface area contributed by atoms with Gasteiger partial charge in [0.15, 0.2) is 6.10 Å². The van der Waals surface area contributed by atoms with E-state index >= 15 is 0 Å². The molecule has 1 amide bonds. The molecule has 0 radical (unpaired) electrons. The third-order valence-corrected chi connectivity index (χ3v) is 4.00. The highest BCUT2D eigenvalue weighted by atomic mass is 16.5. The van der Waals surface area contributed by atoms with E-state index in [1.807, 2.05) is 48.5 Å². The van der Waals surface area contributed by atoms with Crippen molar-refractivity contribution < 1.29 is 19.1 Å². The highest BCUT2D eigenvalue weighted by Gasteiger charge is 2.35. The first-order valence-corrected chi connectivity index (χ1v) is 8.06. The van der Waals surface area contributed by atoms with Crippen molar-refractivity contribution in [1.82, 2.24) is 5.32 Å². The Hall–Kier alpha value is -3.08. The van der Waals surface area contributed by atoms with Gasteiger partial charge in [-0.1, -0.05) is 42.5 Å². The van der Waals surface area contributed by atoms with Crippen LogP contribution < -0.4 is 10.1 Å². The van der Waals surface area contributed by atoms with E-state index in [0.29, 0.717) is 18.0 Å². The fraction of sp³-hybridized carbons (Fsp3) is 0.200. The topological polar surface area (TPSA) is 64.6 Å². The summed E-state index contributed by atoms with van der Waals surface area (Å²) in [6, 6.07) is 14.7. The average Bonchev–Trinajstić information content (AvgIpc) is 2.63. The van der Waals surface area contributed by atoms with Gasteiger partial charge in [0, 0.05) is 17.7 Å². The molecule has 0 saturated heterocycles. The lowest BCUT2D eigenvalue weighted by Gasteiger charge is -2.27. The van der Waals surface area contributed by atoms with Crippen molar-refractivity contribution in [2.75, 3.05) is 6.54 Å². The molecule has 0 saturated carbocycles. The fourth-order valence-electron chi connectivity index (χ4n) is 2.78. The summed E-state index contributed by atoms with van der Waals surface area (Å²) in [5.74, 6) is -0.235. The smallest absolute Gasteiger partial charge is 0.318 e. The molecule has 5 nitrogen and oxygen atoms in total. The van der Waals surface area contributed by atoms with Gasteiger partial charge >= 0.3 is 5.97 Å². The van der Waals surface area contributed by atoms with Gasteiger partial charge in [-0.2, -0.15) is 0 Å². The van der Waals surface area contributed by atoms with E-state index in [9.17, 15) is 9.59 Å². The second kappa shape index (κ2) is 7.21. The van der Waals surface area contributed by atoms with Crippen molar-refractivity contribution in [2.45, 2.75) is 18.9 Å². The molecule has 0 aliphatic carbocycles. The van der Waals surface area contributed by atoms with Gasteiger partial charge in [0.1, 0.15) is 17.4 Å². The van der Waals surface area contributed by atoms with Gasteiger partial charge in [0.05, 0.1) is 0 Å². The molecule has 1 atom stereocenters. The van der Waals surface area contributed by atoms with Crippen LogP contribution in [0.1, 0.15) is 24.0 Å². The number of nitrogens with one attached hydrogen (secondary N) is 1. The molecular weight excluding hydrogens is 318 g/mol. The van der Waals surface area contributed by atoms with Crippen molar-refractivity contribution in [3.05, 3.63) is 72.3 Å². The Morgan fingerprint density at radius 2 is 1.72 bits per heavy atom. The lowest BCUT2D eigenvalue weighted by molar-refractivity contribution is -0.155. The van der Waals surface area contributed by atoms with E-state index in [1.165, 1.54) is 0 Å². The van der Waals surface area contributed by atoms with Crippen LogP contribution >= 0.6 is 0 Å². The minimum atomic E-state index is -0.894. The van der Waals surface area contributed by atoms with Crippen LogP contribution in [0.15, 0.2) is 61.2 Å². The number of amides is 1. The van der Waals surface area contributed by atoms with Crippen LogP contribution in [0.5, 0.6) is 11.5 Å². The Morgan fingerprint density at radius 3 is 2.28 bits per heavy atom. The maximum Gasteiger partial charge on any atom is 0.318 e. The van der Waals surface area contributed by atoms with Crippen LogP contribution in [0.2, 0.25) is 0 Å². The highest BCUT2D eigenvalue weighted by molar-refractivity contribution is 5.89. The van der Waals surface area contributed by atoms with Crippen molar-refractivity contribution in [1.29, 1.82) is 0 Å². The number of carbonyl (C=O) groups is 2. The Kier molecular flexibility index (Phi) is 4.84. The Labute approximate surface area is 146 Å². The van der Waals surface area contributed by atoms with Gasteiger partial charge in [-0.25, -0.2) is 0 Å². The highest BCUT2D eigenvalue weighted by Crippen LogP contribution is 2.44. The molecule has 3 rings (SSSR count). The average molecular weight is 337 g/mol. The van der Waals surface area contributed by atoms with Crippen LogP contribution in [0.4, 0.5) is 0 Å². The quantitative estimate of drug-likeness (QED) is 0.672. The first-order chi connectivity index (χ1) is 12.1. The standard InChI is InChI=1S/C20H19NO4/c1-3-12-21-19(22)13(2)24-20(23)18-14-8-4-6-10-16(14)25-17-11-7-5-9-15(17)18/h3-11,13,18H,1,12H2,2H3,(H,21,22). The van der Waals surface area contributed by atoms with Crippen LogP contribution in [0.3, 0.4) is 0 Å². The lowest BCUT2D eigenvalue weighted by atomic mass is 9.88. The third kappa shape index (κ3) is 3.40. The first kappa shape index (κ1) is 16.8. The van der Waals surface area contributed by atoms with Crippen molar-refractivity contribution >= 4 is 11.9 Å². The maximum atomic E-state index is 12.8. The van der Waals surface area contributed by atoms with Crippen LogP contribution in [-0.4, -0.2) is 24.5 Å². The number of esters is 1. The molecule has 0 fully saturated rings. The summed E-state index contributed by atoms with van der Waals surface area (Å²) in [5.41, 5.74) is 1.45. The molecule has 128 valence electrons. The van der Waals surface area contributed by atoms with Gasteiger partial charge in [-0.3, -0.25) is 9.59 Å². The number of para-hydroxylation sites is 2. The van der Waals surface area contributed by atoms with Crippen LogP contribution in [-0.2, 0) is 14.3 Å². The predicted molar refractivity (Wildman–Crippen MR) is 93.6 cm³/mol. The van der Waals surface area contributed by atoms with E-state index in [4.69, 9.17) is 9.47 Å². The van der Waals surface area contributed by atoms with Gasteiger partial charge in [0.25, 0.3) is 5.91 Å². The van der Waals surface area contributed by atoms with E-state index in [0.717, 1.165) is 11.1 Å². The number of rotatable bonds is 5. The lowest BCUT2D eigenvalue weighted by Crippen LogP contribution is -2.37. The Balaban J connectivity index is 1.87. The summed E-state index contributed by atoms with van der Waals surface area (Å²) in [7, 11) is 0. The minimum absolute atomic E-state index is 0.323. The normalized spacial score (nSPS) is 13.6. The molecule has 0 aromatic heterocycles. The molecule has 0 spiro atoms. The Morgan fingerprint density at radius 1 is 1.16 bits per heavy atom. The molecule has 5 heteroatoms. The largest absolute Gasteiger partial charge is 0.457 e. The SMILES string of the molecule is C=CCNC(=O)C(C)OC(=O)C1c2ccccc2Oc2ccccc21. The monoisotopic (exact) mass is 337 g/mol. The first-order valence-electron chi connectivity index (χ1n) is 8.06. The van der Waals surface area contributed by atoms with Gasteiger partial charge in [-0.15, -0.1) is 6.58 Å². The number of fused-ring (bicyclic) bond motifs is 2. The minimum Gasteiger partial charge on any atom is -0.457 e. The molecule has 1 unspecified atom stereocenters. The second-order valence-corrected chi connectivity index (χ2v) is 5.72. The summed E-state index contributed by atoms with van der Waals surface area (Å²) in [5, 5.41) is 2.62. The van der Waals surface area contributed by atoms with Crippen molar-refractivity contribution in [3.8, 4) is 11.5 Å². The fourth-order valence-corrected chi connectivity index (χ4v) is 2.78. The van der Waals surface area contributed by atoms with E-state index < -0.39 is 18.0 Å². The predicted octanol–water partition coefficient (Wildman–Crippen LogP) is 3.16. The molecule has 1 N–H and O–H groups in total. The molecule has 1 aliphatic heterocycles. The summed E-state index contributed by atoms with van der Waals surface area (Å²) in [6.07, 6.45) is 0.673. The molecule has 25 heavy (non-hydrogen) atoms. The summed E-state index contributed by atoms with van der Waals surface area (Å²) < 4.78 is 11.3. The zero-order valence-electron chi connectivity index (χ0n) is 13.9. The number of hydrogen-bond donors (Lipinski definition) is 1. The van der Waals surface area contributed by atoms with Crippen molar-refractivity contribution in [2.24, 2.45) is 0 Å². The maximum absolute atomic E-state index is 12.8. The number of ether oxygens (including phenoxy) is 2. The zero-order valence-corrected chi connectivity index (χ0v) is 13.9. The Bertz CT molecular complexity index is 769. The van der Waals surface area contributed by atoms with E-state index in [-0.39, 0.29) is 5.91 Å². The molecule has 2 aromatic carbocycles. The summed E-state index contributed by atoms with van der Waals surface area (Å²) in [4.78, 5) is 24.8. The number of carbonyl (C=O) groups excluding carboxylic acids is 2. The molecule has 2 aromatic rings. The van der Waals surface area contributed by atoms with Gasteiger partial charge < -0.3 is 14.8 Å². The number of benzene rings is 2. The summed E-state index contributed by atoms with van der Waals surface area (Å²) in [6.45, 7) is 5.41. The van der Waals surface area contributed by atoms with Gasteiger partial charge in [0.2, 0.25) is 0 Å². The molecule has 1 aliphatic rings. The van der Waals surface area contributed by atoms with Crippen molar-refractivity contribution in [3.63, 3.8) is 0 Å². The molecular formula is C20H19NO4. The third-order valence-electron chi connectivity index (χ3n) is 4.00. The van der Waals surface area contributed by atoms with E-state index in [2.05, 4.69) is 11.9 Å². The zero-order chi connectivity index (χ0) is 17.8. The van der Waals surface area contributed by atoms with Gasteiger partial charge in [-0.05, 0) is 19.1 Å². The summed E-state index contributed by atoms with van der Waals surface area (Å²) >= 11 is 0. The van der Waals surface area contributed by atoms with Crippen LogP contribution in [0, 0.1) is 0 Å².